The van der Waals surface area contributed by atoms with E-state index in [0.717, 1.165) is 24.9 Å². The molecule has 5 heteroatoms. The van der Waals surface area contributed by atoms with Crippen molar-refractivity contribution >= 4 is 28.9 Å². The average molecular weight is 267 g/mol. The average Bonchev–Trinajstić information content (AvgIpc) is 2.82. The number of nitrogens with one attached hydrogen (secondary N) is 1. The first kappa shape index (κ1) is 13.1. The van der Waals surface area contributed by atoms with Gasteiger partial charge >= 0.3 is 5.97 Å². The van der Waals surface area contributed by atoms with Gasteiger partial charge in [0.2, 0.25) is 5.91 Å². The third-order valence-corrected chi connectivity index (χ3v) is 4.25. The number of aliphatic carboxylic acids is 1. The molecule has 2 rings (SSSR count). The van der Waals surface area contributed by atoms with Gasteiger partial charge in [0.15, 0.2) is 0 Å². The lowest BCUT2D eigenvalue weighted by Crippen LogP contribution is -2.37. The summed E-state index contributed by atoms with van der Waals surface area (Å²) in [5, 5.41) is 15.9. The van der Waals surface area contributed by atoms with E-state index in [9.17, 15) is 14.7 Å². The summed E-state index contributed by atoms with van der Waals surface area (Å²) in [6.07, 6.45) is 4.17. The smallest absolute Gasteiger partial charge is 0.310 e. The lowest BCUT2D eigenvalue weighted by atomic mass is 9.71. The molecule has 1 aromatic rings. The minimum Gasteiger partial charge on any atom is -0.481 e. The molecule has 0 aromatic carbocycles. The van der Waals surface area contributed by atoms with Crippen molar-refractivity contribution in [2.24, 2.45) is 5.41 Å². The summed E-state index contributed by atoms with van der Waals surface area (Å²) in [4.78, 5) is 23.4. The Labute approximate surface area is 110 Å². The standard InChI is InChI=1S/C13H17NO3S/c15-11(14-10-4-7-18-9-10)8-13(12(16)17)5-2-1-3-6-13/h4,7,9H,1-3,5-6,8H2,(H,14,15)(H,16,17). The lowest BCUT2D eigenvalue weighted by Gasteiger charge is -2.32. The highest BCUT2D eigenvalue weighted by molar-refractivity contribution is 7.08. The molecule has 0 atom stereocenters. The lowest BCUT2D eigenvalue weighted by molar-refractivity contribution is -0.153. The Bertz CT molecular complexity index is 421. The monoisotopic (exact) mass is 267 g/mol. The Kier molecular flexibility index (Phi) is 4.01. The molecule has 0 radical (unpaired) electrons. The van der Waals surface area contributed by atoms with Crippen LogP contribution in [-0.4, -0.2) is 17.0 Å². The van der Waals surface area contributed by atoms with E-state index in [1.54, 1.807) is 0 Å². The molecule has 98 valence electrons. The van der Waals surface area contributed by atoms with E-state index in [4.69, 9.17) is 0 Å². The summed E-state index contributed by atoms with van der Waals surface area (Å²) in [5.74, 6) is -1.03. The van der Waals surface area contributed by atoms with Gasteiger partial charge in [0.1, 0.15) is 0 Å². The van der Waals surface area contributed by atoms with Gasteiger partial charge in [-0.2, -0.15) is 11.3 Å². The maximum atomic E-state index is 11.9. The number of carboxylic acid groups (broad SMARTS) is 1. The molecule has 0 spiro atoms. The van der Waals surface area contributed by atoms with Gasteiger partial charge in [-0.05, 0) is 24.3 Å². The second-order valence-electron chi connectivity index (χ2n) is 4.88. The number of carboxylic acids is 1. The van der Waals surface area contributed by atoms with Crippen LogP contribution < -0.4 is 5.32 Å². The first-order valence-corrected chi connectivity index (χ1v) is 7.12. The number of carbonyl (C=O) groups excluding carboxylic acids is 1. The van der Waals surface area contributed by atoms with Crippen LogP contribution in [0.1, 0.15) is 38.5 Å². The second-order valence-corrected chi connectivity index (χ2v) is 5.66. The summed E-state index contributed by atoms with van der Waals surface area (Å²) in [6, 6.07) is 1.82. The van der Waals surface area contributed by atoms with Crippen LogP contribution in [-0.2, 0) is 9.59 Å². The molecule has 4 nitrogen and oxygen atoms in total. The van der Waals surface area contributed by atoms with Crippen molar-refractivity contribution in [2.75, 3.05) is 5.32 Å². The second kappa shape index (κ2) is 5.52. The summed E-state index contributed by atoms with van der Waals surface area (Å²) >= 11 is 1.50. The van der Waals surface area contributed by atoms with E-state index in [1.807, 2.05) is 16.8 Å². The third kappa shape index (κ3) is 2.90. The summed E-state index contributed by atoms with van der Waals surface area (Å²) in [7, 11) is 0. The summed E-state index contributed by atoms with van der Waals surface area (Å²) in [6.45, 7) is 0. The molecule has 0 bridgehead atoms. The number of rotatable bonds is 4. The fourth-order valence-corrected chi connectivity index (χ4v) is 3.13. The number of hydrogen-bond acceptors (Lipinski definition) is 3. The molecule has 1 heterocycles. The molecular weight excluding hydrogens is 250 g/mol. The van der Waals surface area contributed by atoms with Gasteiger partial charge in [-0.1, -0.05) is 19.3 Å². The van der Waals surface area contributed by atoms with Gasteiger partial charge < -0.3 is 10.4 Å². The number of carbonyl (C=O) groups is 2. The van der Waals surface area contributed by atoms with Gasteiger partial charge in [0, 0.05) is 11.8 Å². The molecule has 0 saturated heterocycles. The van der Waals surface area contributed by atoms with Gasteiger partial charge in [-0.25, -0.2) is 0 Å². The van der Waals surface area contributed by atoms with E-state index >= 15 is 0 Å². The molecule has 1 aliphatic rings. The molecule has 1 aliphatic carbocycles. The van der Waals surface area contributed by atoms with Crippen LogP contribution in [0.25, 0.3) is 0 Å². The first-order valence-electron chi connectivity index (χ1n) is 6.18. The third-order valence-electron chi connectivity index (χ3n) is 3.57. The predicted molar refractivity (Wildman–Crippen MR) is 70.7 cm³/mol. The minimum absolute atomic E-state index is 0.0815. The SMILES string of the molecule is O=C(CC1(C(=O)O)CCCCC1)Nc1ccsc1. The van der Waals surface area contributed by atoms with Crippen LogP contribution in [0.5, 0.6) is 0 Å². The number of anilines is 1. The highest BCUT2D eigenvalue weighted by atomic mass is 32.1. The molecule has 1 fully saturated rings. The predicted octanol–water partition coefficient (Wildman–Crippen LogP) is 3.11. The maximum Gasteiger partial charge on any atom is 0.310 e. The maximum absolute atomic E-state index is 11.9. The Morgan fingerprint density at radius 1 is 1.33 bits per heavy atom. The van der Waals surface area contributed by atoms with E-state index < -0.39 is 11.4 Å². The van der Waals surface area contributed by atoms with Crippen molar-refractivity contribution in [2.45, 2.75) is 38.5 Å². The van der Waals surface area contributed by atoms with Crippen LogP contribution in [0.2, 0.25) is 0 Å². The highest BCUT2D eigenvalue weighted by Crippen LogP contribution is 2.39. The molecule has 2 N–H and O–H groups in total. The number of hydrogen-bond donors (Lipinski definition) is 2. The van der Waals surface area contributed by atoms with E-state index in [-0.39, 0.29) is 12.3 Å². The molecular formula is C13H17NO3S. The Morgan fingerprint density at radius 2 is 2.06 bits per heavy atom. The van der Waals surface area contributed by atoms with Crippen LogP contribution in [0.3, 0.4) is 0 Å². The molecule has 18 heavy (non-hydrogen) atoms. The zero-order valence-electron chi connectivity index (χ0n) is 10.1. The normalized spacial score (nSPS) is 18.2. The molecule has 1 amide bonds. The fraction of sp³-hybridized carbons (Fsp3) is 0.538. The number of thiophene rings is 1. The van der Waals surface area contributed by atoms with Gasteiger partial charge in [-0.15, -0.1) is 0 Å². The molecule has 1 aromatic heterocycles. The van der Waals surface area contributed by atoms with Crippen molar-refractivity contribution in [3.05, 3.63) is 16.8 Å². The Morgan fingerprint density at radius 3 is 2.61 bits per heavy atom. The van der Waals surface area contributed by atoms with Gasteiger partial charge in [0.05, 0.1) is 11.1 Å². The zero-order chi connectivity index (χ0) is 13.0. The van der Waals surface area contributed by atoms with Crippen molar-refractivity contribution in [3.63, 3.8) is 0 Å². The van der Waals surface area contributed by atoms with Crippen LogP contribution >= 0.6 is 11.3 Å². The van der Waals surface area contributed by atoms with Crippen LogP contribution in [0.4, 0.5) is 5.69 Å². The Hall–Kier alpha value is -1.36. The van der Waals surface area contributed by atoms with Crippen LogP contribution in [0, 0.1) is 5.41 Å². The molecule has 1 saturated carbocycles. The van der Waals surface area contributed by atoms with Crippen molar-refractivity contribution in [1.82, 2.24) is 0 Å². The molecule has 0 unspecified atom stereocenters. The van der Waals surface area contributed by atoms with Crippen LogP contribution in [0.15, 0.2) is 16.8 Å². The fourth-order valence-electron chi connectivity index (χ4n) is 2.54. The minimum atomic E-state index is -0.849. The molecule has 0 aliphatic heterocycles. The topological polar surface area (TPSA) is 66.4 Å². The largest absolute Gasteiger partial charge is 0.481 e. The summed E-state index contributed by atoms with van der Waals surface area (Å²) in [5.41, 5.74) is -0.0976. The van der Waals surface area contributed by atoms with Crippen molar-refractivity contribution in [3.8, 4) is 0 Å². The van der Waals surface area contributed by atoms with E-state index in [2.05, 4.69) is 5.32 Å². The first-order chi connectivity index (χ1) is 8.62. The zero-order valence-corrected chi connectivity index (χ0v) is 11.0. The van der Waals surface area contributed by atoms with Gasteiger partial charge in [0.25, 0.3) is 0 Å². The van der Waals surface area contributed by atoms with Crippen molar-refractivity contribution in [1.29, 1.82) is 0 Å². The van der Waals surface area contributed by atoms with Crippen molar-refractivity contribution < 1.29 is 14.7 Å². The van der Waals surface area contributed by atoms with E-state index in [0.29, 0.717) is 12.8 Å². The highest BCUT2D eigenvalue weighted by Gasteiger charge is 2.41. The quantitative estimate of drug-likeness (QED) is 0.880. The van der Waals surface area contributed by atoms with E-state index in [1.165, 1.54) is 11.3 Å². The Balaban J connectivity index is 2.00. The van der Waals surface area contributed by atoms with Gasteiger partial charge in [-0.3, -0.25) is 9.59 Å². The summed E-state index contributed by atoms with van der Waals surface area (Å²) < 4.78 is 0. The number of amides is 1.